The van der Waals surface area contributed by atoms with Gasteiger partial charge in [0.2, 0.25) is 0 Å². The Morgan fingerprint density at radius 1 is 1.13 bits per heavy atom. The highest BCUT2D eigenvalue weighted by molar-refractivity contribution is 6.03. The molecule has 0 aliphatic heterocycles. The van der Waals surface area contributed by atoms with Crippen molar-refractivity contribution < 1.29 is 4.79 Å². The van der Waals surface area contributed by atoms with Crippen LogP contribution >= 0.6 is 0 Å². The summed E-state index contributed by atoms with van der Waals surface area (Å²) in [4.78, 5) is 25.4. The monoisotopic (exact) mass is 398 g/mol. The lowest BCUT2D eigenvalue weighted by Crippen LogP contribution is -2.11. The summed E-state index contributed by atoms with van der Waals surface area (Å²) in [5.74, 6) is 1.07. The molecule has 2 aromatic carbocycles. The standard InChI is InChI=1S/C23H22N6O/c1-15(2)23(30)27-18-9-10-19-20(11-18)29(14-25-19)22-13-24-12-21(28-22)26-16(3)17-7-5-4-6-8-17/h4-14,16H,1H2,2-3H3,(H,26,28)(H,27,30)/t16-/m0/s1. The minimum atomic E-state index is -0.221. The predicted molar refractivity (Wildman–Crippen MR) is 119 cm³/mol. The summed E-state index contributed by atoms with van der Waals surface area (Å²) < 4.78 is 1.84. The van der Waals surface area contributed by atoms with Gasteiger partial charge in [0, 0.05) is 17.3 Å². The molecular weight excluding hydrogens is 376 g/mol. The highest BCUT2D eigenvalue weighted by Crippen LogP contribution is 2.23. The average Bonchev–Trinajstić information content (AvgIpc) is 3.18. The van der Waals surface area contributed by atoms with Crippen molar-refractivity contribution in [1.82, 2.24) is 19.5 Å². The fourth-order valence-corrected chi connectivity index (χ4v) is 3.09. The Morgan fingerprint density at radius 3 is 2.70 bits per heavy atom. The van der Waals surface area contributed by atoms with Crippen LogP contribution in [0.5, 0.6) is 0 Å². The maximum Gasteiger partial charge on any atom is 0.250 e. The maximum atomic E-state index is 11.9. The highest BCUT2D eigenvalue weighted by Gasteiger charge is 2.11. The number of carbonyl (C=O) groups is 1. The first-order valence-corrected chi connectivity index (χ1v) is 9.59. The molecule has 1 amide bonds. The lowest BCUT2D eigenvalue weighted by Gasteiger charge is -2.15. The highest BCUT2D eigenvalue weighted by atomic mass is 16.1. The van der Waals surface area contributed by atoms with E-state index in [-0.39, 0.29) is 11.9 Å². The molecule has 0 saturated heterocycles. The lowest BCUT2D eigenvalue weighted by molar-refractivity contribution is -0.112. The Morgan fingerprint density at radius 2 is 1.93 bits per heavy atom. The number of hydrogen-bond donors (Lipinski definition) is 2. The van der Waals surface area contributed by atoms with Crippen molar-refractivity contribution in [3.63, 3.8) is 0 Å². The summed E-state index contributed by atoms with van der Waals surface area (Å²) >= 11 is 0. The maximum absolute atomic E-state index is 11.9. The van der Waals surface area contributed by atoms with Gasteiger partial charge in [-0.1, -0.05) is 36.9 Å². The van der Waals surface area contributed by atoms with Gasteiger partial charge < -0.3 is 10.6 Å². The first-order chi connectivity index (χ1) is 14.5. The van der Waals surface area contributed by atoms with E-state index in [9.17, 15) is 4.79 Å². The second-order valence-corrected chi connectivity index (χ2v) is 7.09. The predicted octanol–water partition coefficient (Wildman–Crippen LogP) is 4.50. The van der Waals surface area contributed by atoms with Gasteiger partial charge in [-0.25, -0.2) is 9.97 Å². The van der Waals surface area contributed by atoms with Gasteiger partial charge in [-0.2, -0.15) is 0 Å². The van der Waals surface area contributed by atoms with Crippen LogP contribution in [0.2, 0.25) is 0 Å². The molecule has 4 aromatic rings. The van der Waals surface area contributed by atoms with E-state index in [2.05, 4.69) is 46.2 Å². The van der Waals surface area contributed by atoms with E-state index >= 15 is 0 Å². The summed E-state index contributed by atoms with van der Waals surface area (Å²) in [6.07, 6.45) is 5.07. The molecule has 4 rings (SSSR count). The van der Waals surface area contributed by atoms with Crippen LogP contribution < -0.4 is 10.6 Å². The normalized spacial score (nSPS) is 11.8. The first kappa shape index (κ1) is 19.3. The number of nitrogens with one attached hydrogen (secondary N) is 2. The number of aromatic nitrogens is 4. The molecule has 0 aliphatic carbocycles. The first-order valence-electron chi connectivity index (χ1n) is 9.59. The van der Waals surface area contributed by atoms with Gasteiger partial charge in [-0.05, 0) is 37.6 Å². The van der Waals surface area contributed by atoms with Crippen molar-refractivity contribution in [2.45, 2.75) is 19.9 Å². The molecule has 0 bridgehead atoms. The SMILES string of the molecule is C=C(C)C(=O)Nc1ccc2ncn(-c3cncc(N[C@@H](C)c4ccccc4)n3)c2c1. The van der Waals surface area contributed by atoms with Crippen molar-refractivity contribution in [1.29, 1.82) is 0 Å². The summed E-state index contributed by atoms with van der Waals surface area (Å²) in [6, 6.07) is 15.8. The molecule has 7 heteroatoms. The fourth-order valence-electron chi connectivity index (χ4n) is 3.09. The van der Waals surface area contributed by atoms with E-state index in [1.807, 2.05) is 41.0 Å². The summed E-state index contributed by atoms with van der Waals surface area (Å²) in [6.45, 7) is 7.41. The second kappa shape index (κ2) is 8.16. The number of carbonyl (C=O) groups excluding carboxylic acids is 1. The molecule has 2 heterocycles. The summed E-state index contributed by atoms with van der Waals surface area (Å²) in [5, 5.41) is 6.21. The van der Waals surface area contributed by atoms with Gasteiger partial charge >= 0.3 is 0 Å². The van der Waals surface area contributed by atoms with Crippen molar-refractivity contribution in [3.05, 3.63) is 85.0 Å². The Balaban J connectivity index is 1.63. The quantitative estimate of drug-likeness (QED) is 0.467. The average molecular weight is 398 g/mol. The minimum Gasteiger partial charge on any atom is -0.362 e. The minimum absolute atomic E-state index is 0.0826. The third-order valence-corrected chi connectivity index (χ3v) is 4.73. The third kappa shape index (κ3) is 4.05. The van der Waals surface area contributed by atoms with E-state index in [1.165, 1.54) is 0 Å². The molecule has 2 N–H and O–H groups in total. The number of hydrogen-bond acceptors (Lipinski definition) is 5. The van der Waals surface area contributed by atoms with Crippen molar-refractivity contribution >= 4 is 28.4 Å². The van der Waals surface area contributed by atoms with Crippen LogP contribution in [-0.2, 0) is 4.79 Å². The van der Waals surface area contributed by atoms with E-state index in [4.69, 9.17) is 4.98 Å². The molecule has 150 valence electrons. The summed E-state index contributed by atoms with van der Waals surface area (Å²) in [7, 11) is 0. The molecule has 0 fully saturated rings. The number of nitrogens with zero attached hydrogens (tertiary/aromatic N) is 4. The zero-order chi connectivity index (χ0) is 21.1. The van der Waals surface area contributed by atoms with Gasteiger partial charge in [0.05, 0.1) is 23.4 Å². The van der Waals surface area contributed by atoms with E-state index < -0.39 is 0 Å². The van der Waals surface area contributed by atoms with Crippen LogP contribution in [0.3, 0.4) is 0 Å². The van der Waals surface area contributed by atoms with Crippen molar-refractivity contribution in [3.8, 4) is 5.82 Å². The number of imidazole rings is 1. The Bertz CT molecular complexity index is 1210. The van der Waals surface area contributed by atoms with Gasteiger partial charge in [-0.3, -0.25) is 14.3 Å². The van der Waals surface area contributed by atoms with Gasteiger partial charge in [0.1, 0.15) is 12.1 Å². The Labute approximate surface area is 174 Å². The van der Waals surface area contributed by atoms with Crippen LogP contribution in [-0.4, -0.2) is 25.4 Å². The molecule has 30 heavy (non-hydrogen) atoms. The molecule has 0 unspecified atom stereocenters. The zero-order valence-electron chi connectivity index (χ0n) is 16.8. The number of fused-ring (bicyclic) bond motifs is 1. The fraction of sp³-hybridized carbons (Fsp3) is 0.130. The number of amides is 1. The smallest absolute Gasteiger partial charge is 0.250 e. The van der Waals surface area contributed by atoms with Crippen molar-refractivity contribution in [2.24, 2.45) is 0 Å². The number of anilines is 2. The molecular formula is C23H22N6O. The van der Waals surface area contributed by atoms with Crippen LogP contribution in [0.15, 0.2) is 79.4 Å². The van der Waals surface area contributed by atoms with Crippen LogP contribution in [0.1, 0.15) is 25.5 Å². The summed E-state index contributed by atoms with van der Waals surface area (Å²) in [5.41, 5.74) is 3.88. The Kier molecular flexibility index (Phi) is 5.26. The molecule has 0 saturated carbocycles. The molecule has 1 atom stereocenters. The van der Waals surface area contributed by atoms with Crippen LogP contribution in [0.25, 0.3) is 16.9 Å². The Hall–Kier alpha value is -4.00. The van der Waals surface area contributed by atoms with Crippen LogP contribution in [0, 0.1) is 0 Å². The van der Waals surface area contributed by atoms with Crippen molar-refractivity contribution in [2.75, 3.05) is 10.6 Å². The van der Waals surface area contributed by atoms with Gasteiger partial charge in [-0.15, -0.1) is 0 Å². The largest absolute Gasteiger partial charge is 0.362 e. The van der Waals surface area contributed by atoms with Crippen LogP contribution in [0.4, 0.5) is 11.5 Å². The second-order valence-electron chi connectivity index (χ2n) is 7.09. The third-order valence-electron chi connectivity index (χ3n) is 4.73. The lowest BCUT2D eigenvalue weighted by atomic mass is 10.1. The number of benzene rings is 2. The van der Waals surface area contributed by atoms with E-state index in [1.54, 1.807) is 25.6 Å². The van der Waals surface area contributed by atoms with Gasteiger partial charge in [0.25, 0.3) is 5.91 Å². The molecule has 0 radical (unpaired) electrons. The molecule has 2 aromatic heterocycles. The topological polar surface area (TPSA) is 84.7 Å². The number of rotatable bonds is 6. The molecule has 7 nitrogen and oxygen atoms in total. The molecule has 0 spiro atoms. The van der Waals surface area contributed by atoms with Gasteiger partial charge in [0.15, 0.2) is 5.82 Å². The van der Waals surface area contributed by atoms with E-state index in [0.717, 1.165) is 16.6 Å². The zero-order valence-corrected chi connectivity index (χ0v) is 16.8. The molecule has 0 aliphatic rings. The van der Waals surface area contributed by atoms with E-state index in [0.29, 0.717) is 22.9 Å².